The Morgan fingerprint density at radius 1 is 1.09 bits per heavy atom. The SMILES string of the molecule is COc1ccc(S(=O)(=O)NCc2ccccc2-n2ccnc2C)cc1C(=O)N1CCCCCC1. The fraction of sp³-hybridized carbons (Fsp3) is 0.360. The number of likely N-dealkylation sites (tertiary alicyclic amines) is 1. The van der Waals surface area contributed by atoms with E-state index in [1.54, 1.807) is 17.2 Å². The Kier molecular flexibility index (Phi) is 7.33. The van der Waals surface area contributed by atoms with Gasteiger partial charge in [0.05, 0.1) is 23.3 Å². The maximum atomic E-state index is 13.2. The molecular weight excluding hydrogens is 452 g/mol. The smallest absolute Gasteiger partial charge is 0.257 e. The maximum absolute atomic E-state index is 13.2. The molecule has 2 aromatic carbocycles. The summed E-state index contributed by atoms with van der Waals surface area (Å²) in [6.07, 6.45) is 7.63. The fourth-order valence-electron chi connectivity index (χ4n) is 4.25. The van der Waals surface area contributed by atoms with Crippen LogP contribution < -0.4 is 9.46 Å². The minimum atomic E-state index is -3.87. The molecule has 34 heavy (non-hydrogen) atoms. The van der Waals surface area contributed by atoms with Crippen molar-refractivity contribution in [3.8, 4) is 11.4 Å². The Morgan fingerprint density at radius 2 is 1.82 bits per heavy atom. The minimum Gasteiger partial charge on any atom is -0.496 e. The molecule has 1 aromatic heterocycles. The third kappa shape index (κ3) is 5.15. The number of carbonyl (C=O) groups is 1. The molecule has 8 nitrogen and oxygen atoms in total. The second kappa shape index (κ2) is 10.4. The zero-order valence-corrected chi connectivity index (χ0v) is 20.3. The molecule has 2 heterocycles. The van der Waals surface area contributed by atoms with E-state index in [0.29, 0.717) is 18.8 Å². The number of hydrogen-bond donors (Lipinski definition) is 1. The van der Waals surface area contributed by atoms with Gasteiger partial charge in [-0.15, -0.1) is 0 Å². The van der Waals surface area contributed by atoms with Gasteiger partial charge in [0.15, 0.2) is 0 Å². The van der Waals surface area contributed by atoms with Crippen molar-refractivity contribution in [3.05, 3.63) is 71.8 Å². The van der Waals surface area contributed by atoms with E-state index in [9.17, 15) is 13.2 Å². The van der Waals surface area contributed by atoms with Gasteiger partial charge < -0.3 is 14.2 Å². The number of nitrogens with zero attached hydrogens (tertiary/aromatic N) is 3. The lowest BCUT2D eigenvalue weighted by molar-refractivity contribution is 0.0758. The largest absolute Gasteiger partial charge is 0.496 e. The van der Waals surface area contributed by atoms with Crippen LogP contribution in [0.25, 0.3) is 5.69 Å². The van der Waals surface area contributed by atoms with Crippen LogP contribution in [0.5, 0.6) is 5.75 Å². The van der Waals surface area contributed by atoms with Crippen LogP contribution in [0.1, 0.15) is 47.4 Å². The minimum absolute atomic E-state index is 0.0303. The van der Waals surface area contributed by atoms with Crippen molar-refractivity contribution in [1.29, 1.82) is 0 Å². The molecule has 0 aliphatic carbocycles. The summed E-state index contributed by atoms with van der Waals surface area (Å²) in [4.78, 5) is 19.3. The summed E-state index contributed by atoms with van der Waals surface area (Å²) in [5.74, 6) is 0.980. The summed E-state index contributed by atoms with van der Waals surface area (Å²) in [5.41, 5.74) is 1.93. The van der Waals surface area contributed by atoms with Gasteiger partial charge in [-0.2, -0.15) is 0 Å². The topological polar surface area (TPSA) is 93.5 Å². The number of carbonyl (C=O) groups excluding carboxylic acids is 1. The number of sulfonamides is 1. The molecule has 1 N–H and O–H groups in total. The number of aromatic nitrogens is 2. The van der Waals surface area contributed by atoms with Crippen molar-refractivity contribution in [2.24, 2.45) is 0 Å². The molecule has 0 spiro atoms. The van der Waals surface area contributed by atoms with Crippen molar-refractivity contribution in [1.82, 2.24) is 19.2 Å². The number of amides is 1. The van der Waals surface area contributed by atoms with Gasteiger partial charge in [-0.3, -0.25) is 4.79 Å². The van der Waals surface area contributed by atoms with Crippen LogP contribution in [0.3, 0.4) is 0 Å². The predicted octanol–water partition coefficient (Wildman–Crippen LogP) is 3.68. The van der Waals surface area contributed by atoms with Crippen molar-refractivity contribution in [3.63, 3.8) is 0 Å². The average Bonchev–Trinajstić information content (AvgIpc) is 3.10. The molecule has 1 amide bonds. The maximum Gasteiger partial charge on any atom is 0.257 e. The van der Waals surface area contributed by atoms with Crippen LogP contribution in [0.15, 0.2) is 59.8 Å². The van der Waals surface area contributed by atoms with Crippen molar-refractivity contribution < 1.29 is 17.9 Å². The molecule has 0 atom stereocenters. The summed E-state index contributed by atoms with van der Waals surface area (Å²) >= 11 is 0. The Morgan fingerprint density at radius 3 is 2.50 bits per heavy atom. The highest BCUT2D eigenvalue weighted by Crippen LogP contribution is 2.26. The van der Waals surface area contributed by atoms with Gasteiger partial charge in [0.2, 0.25) is 10.0 Å². The predicted molar refractivity (Wildman–Crippen MR) is 130 cm³/mol. The Bertz CT molecular complexity index is 1260. The zero-order chi connectivity index (χ0) is 24.1. The highest BCUT2D eigenvalue weighted by atomic mass is 32.2. The van der Waals surface area contributed by atoms with E-state index in [1.807, 2.05) is 42.0 Å². The third-order valence-electron chi connectivity index (χ3n) is 6.13. The molecule has 9 heteroatoms. The second-order valence-corrected chi connectivity index (χ2v) is 10.1. The van der Waals surface area contributed by atoms with Gasteiger partial charge in [-0.1, -0.05) is 31.0 Å². The van der Waals surface area contributed by atoms with Crippen molar-refractivity contribution in [2.45, 2.75) is 44.0 Å². The van der Waals surface area contributed by atoms with Gasteiger partial charge in [-0.25, -0.2) is 18.1 Å². The second-order valence-electron chi connectivity index (χ2n) is 8.37. The van der Waals surface area contributed by atoms with Crippen LogP contribution in [-0.2, 0) is 16.6 Å². The standard InChI is InChI=1S/C25H30N4O4S/c1-19-26-13-16-29(19)23-10-6-5-9-20(23)18-27-34(31,32)21-11-12-24(33-2)22(17-21)25(30)28-14-7-3-4-8-15-28/h5-6,9-13,16-17,27H,3-4,7-8,14-15,18H2,1-2H3. The molecule has 180 valence electrons. The molecule has 1 aliphatic rings. The van der Waals surface area contributed by atoms with Crippen LogP contribution >= 0.6 is 0 Å². The van der Waals surface area contributed by atoms with Gasteiger partial charge in [-0.05, 0) is 49.6 Å². The van der Waals surface area contributed by atoms with Crippen LogP contribution in [0.2, 0.25) is 0 Å². The molecule has 0 saturated carbocycles. The molecular formula is C25H30N4O4S. The molecule has 0 bridgehead atoms. The molecule has 0 radical (unpaired) electrons. The van der Waals surface area contributed by atoms with Crippen molar-refractivity contribution >= 4 is 15.9 Å². The summed E-state index contributed by atoms with van der Waals surface area (Å²) in [5, 5.41) is 0. The lowest BCUT2D eigenvalue weighted by Gasteiger charge is -2.22. The van der Waals surface area contributed by atoms with Gasteiger partial charge in [0, 0.05) is 32.0 Å². The van der Waals surface area contributed by atoms with Crippen LogP contribution in [0, 0.1) is 6.92 Å². The number of nitrogens with one attached hydrogen (secondary N) is 1. The number of ether oxygens (including phenoxy) is 1. The highest BCUT2D eigenvalue weighted by molar-refractivity contribution is 7.89. The number of rotatable bonds is 7. The van der Waals surface area contributed by atoms with Gasteiger partial charge in [0.1, 0.15) is 11.6 Å². The van der Waals surface area contributed by atoms with Crippen molar-refractivity contribution in [2.75, 3.05) is 20.2 Å². The van der Waals surface area contributed by atoms with E-state index >= 15 is 0 Å². The first kappa shape index (κ1) is 24.0. The number of hydrogen-bond acceptors (Lipinski definition) is 5. The first-order valence-corrected chi connectivity index (χ1v) is 12.9. The summed E-state index contributed by atoms with van der Waals surface area (Å²) in [7, 11) is -2.39. The van der Waals surface area contributed by atoms with E-state index in [0.717, 1.165) is 42.8 Å². The number of methoxy groups -OCH3 is 1. The quantitative estimate of drug-likeness (QED) is 0.554. The summed E-state index contributed by atoms with van der Waals surface area (Å²) in [6.45, 7) is 3.32. The van der Waals surface area contributed by atoms with E-state index < -0.39 is 10.0 Å². The fourth-order valence-corrected chi connectivity index (χ4v) is 5.28. The highest BCUT2D eigenvalue weighted by Gasteiger charge is 2.24. The average molecular weight is 483 g/mol. The van der Waals surface area contributed by atoms with Gasteiger partial charge in [0.25, 0.3) is 5.91 Å². The molecule has 3 aromatic rings. The van der Waals surface area contributed by atoms with E-state index in [4.69, 9.17) is 4.74 Å². The molecule has 1 fully saturated rings. The van der Waals surface area contributed by atoms with Gasteiger partial charge >= 0.3 is 0 Å². The first-order valence-electron chi connectivity index (χ1n) is 11.5. The van der Waals surface area contributed by atoms with E-state index in [1.165, 1.54) is 19.2 Å². The molecule has 1 saturated heterocycles. The number of aryl methyl sites for hydroxylation is 1. The molecule has 1 aliphatic heterocycles. The Balaban J connectivity index is 1.58. The normalized spacial score (nSPS) is 14.6. The van der Waals surface area contributed by atoms with Crippen LogP contribution in [0.4, 0.5) is 0 Å². The first-order chi connectivity index (χ1) is 16.4. The molecule has 0 unspecified atom stereocenters. The Labute approximate surface area is 200 Å². The third-order valence-corrected chi connectivity index (χ3v) is 7.53. The monoisotopic (exact) mass is 482 g/mol. The number of benzene rings is 2. The van der Waals surface area contributed by atoms with E-state index in [-0.39, 0.29) is 22.9 Å². The lowest BCUT2D eigenvalue weighted by Crippen LogP contribution is -2.32. The summed E-state index contributed by atoms with van der Waals surface area (Å²) in [6, 6.07) is 12.0. The molecule has 4 rings (SSSR count). The number of imidazole rings is 1. The number of para-hydroxylation sites is 1. The van der Waals surface area contributed by atoms with E-state index in [2.05, 4.69) is 9.71 Å². The van der Waals surface area contributed by atoms with Crippen LogP contribution in [-0.4, -0.2) is 49.0 Å². The summed E-state index contributed by atoms with van der Waals surface area (Å²) < 4.78 is 36.3. The lowest BCUT2D eigenvalue weighted by atomic mass is 10.1. The Hall–Kier alpha value is -3.17. The zero-order valence-electron chi connectivity index (χ0n) is 19.5.